The maximum absolute atomic E-state index is 12.0. The van der Waals surface area contributed by atoms with Crippen LogP contribution in [-0.4, -0.2) is 17.9 Å². The van der Waals surface area contributed by atoms with Gasteiger partial charge in [-0.05, 0) is 30.7 Å². The second kappa shape index (κ2) is 7.37. The highest BCUT2D eigenvalue weighted by Gasteiger charge is 2.12. The van der Waals surface area contributed by atoms with Gasteiger partial charge >= 0.3 is 0 Å². The molecule has 2 aromatic carbocycles. The predicted molar refractivity (Wildman–Crippen MR) is 100 cm³/mol. The first kappa shape index (κ1) is 16.9. The van der Waals surface area contributed by atoms with E-state index in [0.717, 1.165) is 11.1 Å². The van der Waals surface area contributed by atoms with Crippen molar-refractivity contribution in [1.29, 1.82) is 0 Å². The van der Waals surface area contributed by atoms with Crippen LogP contribution in [0.1, 0.15) is 16.8 Å². The van der Waals surface area contributed by atoms with Gasteiger partial charge in [-0.2, -0.15) is 0 Å². The Labute approximate surface area is 156 Å². The first-order valence-corrected chi connectivity index (χ1v) is 8.55. The van der Waals surface area contributed by atoms with E-state index < -0.39 is 0 Å². The van der Waals surface area contributed by atoms with Crippen LogP contribution in [-0.2, 0) is 11.3 Å². The van der Waals surface area contributed by atoms with Crippen molar-refractivity contribution < 1.29 is 18.8 Å². The Kier molecular flexibility index (Phi) is 4.61. The van der Waals surface area contributed by atoms with E-state index >= 15 is 0 Å². The van der Waals surface area contributed by atoms with Crippen molar-refractivity contribution in [1.82, 2.24) is 10.5 Å². The summed E-state index contributed by atoms with van der Waals surface area (Å²) >= 11 is 0. The molecule has 0 spiro atoms. The van der Waals surface area contributed by atoms with Gasteiger partial charge in [-0.3, -0.25) is 4.79 Å². The molecule has 1 aromatic heterocycles. The monoisotopic (exact) mass is 362 g/mol. The minimum atomic E-state index is -0.215. The van der Waals surface area contributed by atoms with Gasteiger partial charge in [0.2, 0.25) is 12.7 Å². The summed E-state index contributed by atoms with van der Waals surface area (Å²) in [7, 11) is 0. The molecule has 1 amide bonds. The molecule has 0 radical (unpaired) electrons. The highest BCUT2D eigenvalue weighted by Crippen LogP contribution is 2.32. The molecule has 0 bridgehead atoms. The molecular formula is C21H18N2O4. The number of fused-ring (bicyclic) bond motifs is 1. The Bertz CT molecular complexity index is 990. The third kappa shape index (κ3) is 4.00. The van der Waals surface area contributed by atoms with Crippen LogP contribution < -0.4 is 14.8 Å². The molecule has 1 aliphatic rings. The lowest BCUT2D eigenvalue weighted by molar-refractivity contribution is -0.116. The number of benzene rings is 2. The third-order valence-electron chi connectivity index (χ3n) is 4.16. The summed E-state index contributed by atoms with van der Waals surface area (Å²) in [4.78, 5) is 12.0. The van der Waals surface area contributed by atoms with E-state index in [2.05, 4.69) is 10.5 Å². The van der Waals surface area contributed by atoms with Crippen LogP contribution in [0, 0.1) is 6.92 Å². The molecule has 0 aliphatic carbocycles. The highest BCUT2D eigenvalue weighted by molar-refractivity contribution is 5.91. The van der Waals surface area contributed by atoms with Crippen molar-refractivity contribution in [3.63, 3.8) is 0 Å². The maximum Gasteiger partial charge on any atom is 0.244 e. The van der Waals surface area contributed by atoms with Crippen molar-refractivity contribution in [2.75, 3.05) is 6.79 Å². The summed E-state index contributed by atoms with van der Waals surface area (Å²) in [6.07, 6.45) is 3.19. The number of hydrogen-bond acceptors (Lipinski definition) is 5. The molecule has 0 saturated carbocycles. The van der Waals surface area contributed by atoms with Gasteiger partial charge in [0, 0.05) is 17.7 Å². The number of carbonyl (C=O) groups is 1. The summed E-state index contributed by atoms with van der Waals surface area (Å²) < 4.78 is 15.9. The van der Waals surface area contributed by atoms with Crippen LogP contribution in [0.25, 0.3) is 17.4 Å². The average Bonchev–Trinajstić information content (AvgIpc) is 3.34. The Morgan fingerprint density at radius 2 is 1.93 bits per heavy atom. The van der Waals surface area contributed by atoms with Crippen LogP contribution in [0.3, 0.4) is 0 Å². The van der Waals surface area contributed by atoms with Gasteiger partial charge in [0.1, 0.15) is 5.69 Å². The number of aromatic nitrogens is 1. The standard InChI is InChI=1S/C21H18N2O4/c1-14-2-6-16(7-3-14)19-11-17(23-27-19)12-22-21(24)9-5-15-4-8-18-20(10-15)26-13-25-18/h2-11H,12-13H2,1H3,(H,22,24)/b9-5+. The molecule has 1 aliphatic heterocycles. The molecule has 0 atom stereocenters. The summed E-state index contributed by atoms with van der Waals surface area (Å²) in [5, 5.41) is 6.79. The van der Waals surface area contributed by atoms with E-state index in [1.165, 1.54) is 11.6 Å². The van der Waals surface area contributed by atoms with Crippen LogP contribution in [0.2, 0.25) is 0 Å². The Morgan fingerprint density at radius 1 is 1.11 bits per heavy atom. The van der Waals surface area contributed by atoms with Crippen LogP contribution in [0.15, 0.2) is 59.1 Å². The fourth-order valence-electron chi connectivity index (χ4n) is 2.67. The second-order valence-electron chi connectivity index (χ2n) is 6.21. The van der Waals surface area contributed by atoms with E-state index in [1.54, 1.807) is 6.08 Å². The van der Waals surface area contributed by atoms with Crippen molar-refractivity contribution in [2.24, 2.45) is 0 Å². The van der Waals surface area contributed by atoms with Crippen LogP contribution in [0.4, 0.5) is 0 Å². The zero-order valence-corrected chi connectivity index (χ0v) is 14.8. The first-order chi connectivity index (χ1) is 13.2. The van der Waals surface area contributed by atoms with Gasteiger partial charge in [-0.25, -0.2) is 0 Å². The van der Waals surface area contributed by atoms with E-state index in [1.807, 2.05) is 55.5 Å². The minimum Gasteiger partial charge on any atom is -0.454 e. The normalized spacial score (nSPS) is 12.5. The van der Waals surface area contributed by atoms with Crippen molar-refractivity contribution in [3.05, 3.63) is 71.4 Å². The summed E-state index contributed by atoms with van der Waals surface area (Å²) in [5.74, 6) is 1.86. The molecule has 1 N–H and O–H groups in total. The Balaban J connectivity index is 1.33. The van der Waals surface area contributed by atoms with Gasteiger partial charge in [-0.1, -0.05) is 41.1 Å². The average molecular weight is 362 g/mol. The van der Waals surface area contributed by atoms with Crippen LogP contribution >= 0.6 is 0 Å². The van der Waals surface area contributed by atoms with Crippen molar-refractivity contribution >= 4 is 12.0 Å². The largest absolute Gasteiger partial charge is 0.454 e. The molecule has 0 saturated heterocycles. The van der Waals surface area contributed by atoms with E-state index in [-0.39, 0.29) is 12.7 Å². The molecule has 3 aromatic rings. The molecule has 6 nitrogen and oxygen atoms in total. The molecular weight excluding hydrogens is 344 g/mol. The minimum absolute atomic E-state index is 0.215. The van der Waals surface area contributed by atoms with Gasteiger partial charge in [-0.15, -0.1) is 0 Å². The first-order valence-electron chi connectivity index (χ1n) is 8.55. The van der Waals surface area contributed by atoms with E-state index in [0.29, 0.717) is 29.5 Å². The lowest BCUT2D eigenvalue weighted by Gasteiger charge is -1.99. The smallest absolute Gasteiger partial charge is 0.244 e. The lowest BCUT2D eigenvalue weighted by atomic mass is 10.1. The van der Waals surface area contributed by atoms with Gasteiger partial charge < -0.3 is 19.3 Å². The highest BCUT2D eigenvalue weighted by atomic mass is 16.7. The van der Waals surface area contributed by atoms with Gasteiger partial charge in [0.15, 0.2) is 17.3 Å². The lowest BCUT2D eigenvalue weighted by Crippen LogP contribution is -2.20. The quantitative estimate of drug-likeness (QED) is 0.701. The van der Waals surface area contributed by atoms with Crippen molar-refractivity contribution in [3.8, 4) is 22.8 Å². The molecule has 136 valence electrons. The second-order valence-corrected chi connectivity index (χ2v) is 6.21. The molecule has 27 heavy (non-hydrogen) atoms. The number of amides is 1. The van der Waals surface area contributed by atoms with E-state index in [4.69, 9.17) is 14.0 Å². The maximum atomic E-state index is 12.0. The van der Waals surface area contributed by atoms with Gasteiger partial charge in [0.05, 0.1) is 6.54 Å². The zero-order valence-electron chi connectivity index (χ0n) is 14.8. The fourth-order valence-corrected chi connectivity index (χ4v) is 2.67. The number of rotatable bonds is 5. The SMILES string of the molecule is Cc1ccc(-c2cc(CNC(=O)/C=C/c3ccc4c(c3)OCO4)no2)cc1. The fraction of sp³-hybridized carbons (Fsp3) is 0.143. The number of nitrogens with one attached hydrogen (secondary N) is 1. The number of ether oxygens (including phenoxy) is 2. The number of hydrogen-bond donors (Lipinski definition) is 1. The van der Waals surface area contributed by atoms with Gasteiger partial charge in [0.25, 0.3) is 0 Å². The van der Waals surface area contributed by atoms with Crippen molar-refractivity contribution in [2.45, 2.75) is 13.5 Å². The molecule has 0 unspecified atom stereocenters. The number of aryl methyl sites for hydroxylation is 1. The number of nitrogens with zero attached hydrogens (tertiary/aromatic N) is 1. The Morgan fingerprint density at radius 3 is 2.78 bits per heavy atom. The van der Waals surface area contributed by atoms with E-state index in [9.17, 15) is 4.79 Å². The molecule has 0 fully saturated rings. The molecule has 4 rings (SSSR count). The summed E-state index contributed by atoms with van der Waals surface area (Å²) in [6.45, 7) is 2.55. The van der Waals surface area contributed by atoms with Crippen LogP contribution in [0.5, 0.6) is 11.5 Å². The summed E-state index contributed by atoms with van der Waals surface area (Å²) in [6, 6.07) is 15.3. The summed E-state index contributed by atoms with van der Waals surface area (Å²) in [5.41, 5.74) is 3.65. The molecule has 6 heteroatoms. The number of carbonyl (C=O) groups excluding carboxylic acids is 1. The third-order valence-corrected chi connectivity index (χ3v) is 4.16. The zero-order chi connectivity index (χ0) is 18.6. The topological polar surface area (TPSA) is 73.6 Å². The molecule has 2 heterocycles. The Hall–Kier alpha value is -3.54. The predicted octanol–water partition coefficient (Wildman–Crippen LogP) is 3.71.